The predicted octanol–water partition coefficient (Wildman–Crippen LogP) is 4.09. The molecule has 4 unspecified atom stereocenters. The van der Waals surface area contributed by atoms with Crippen LogP contribution >= 0.6 is 0 Å². The molecule has 10 heteroatoms. The maximum Gasteiger partial charge on any atom is 0.187 e. The van der Waals surface area contributed by atoms with Crippen molar-refractivity contribution < 1.29 is 47.4 Å². The Hall–Kier alpha value is -1.96. The standard InChI is InChI=1S/C33H46O10/c1-21-26(42-32-30(35-5)29(34-4)28-25(41-32)20-39-33(2,3)43-28)24(19-37-17-22-13-9-7-10-14-22)40-31(36-6)27(21)38-18-23-15-11-8-12-16-23/h7-16,21,24-32H,17-20H2,1-6H3/t21?,24-,25?,26-,27?,28+,29+,30?,31-,32-/m0/s1. The third-order valence-electron chi connectivity index (χ3n) is 8.33. The lowest BCUT2D eigenvalue weighted by Crippen LogP contribution is -2.67. The van der Waals surface area contributed by atoms with Crippen molar-refractivity contribution in [1.29, 1.82) is 0 Å². The SMILES string of the molecule is COC1[C@H](O[C@H]2C(C)C(OCc3ccccc3)[C@@H](OC)O[C@H]2COCc2ccccc2)OC2COC(C)(C)O[C@H]2[C@H]1OC. The van der Waals surface area contributed by atoms with E-state index in [0.29, 0.717) is 19.8 Å². The van der Waals surface area contributed by atoms with E-state index in [9.17, 15) is 0 Å². The Morgan fingerprint density at radius 2 is 1.40 bits per heavy atom. The molecular weight excluding hydrogens is 556 g/mol. The quantitative estimate of drug-likeness (QED) is 0.354. The molecule has 0 N–H and O–H groups in total. The van der Waals surface area contributed by atoms with Gasteiger partial charge >= 0.3 is 0 Å². The summed E-state index contributed by atoms with van der Waals surface area (Å²) in [5, 5.41) is 0. The average Bonchev–Trinajstić information content (AvgIpc) is 3.02. The maximum atomic E-state index is 6.79. The Morgan fingerprint density at radius 3 is 2.02 bits per heavy atom. The monoisotopic (exact) mass is 602 g/mol. The zero-order valence-corrected chi connectivity index (χ0v) is 26.0. The van der Waals surface area contributed by atoms with E-state index >= 15 is 0 Å². The highest BCUT2D eigenvalue weighted by Gasteiger charge is 2.55. The Morgan fingerprint density at radius 1 is 0.744 bits per heavy atom. The Labute approximate surface area is 254 Å². The van der Waals surface area contributed by atoms with Gasteiger partial charge < -0.3 is 47.4 Å². The second-order valence-corrected chi connectivity index (χ2v) is 11.7. The molecule has 0 bridgehead atoms. The zero-order chi connectivity index (χ0) is 30.4. The lowest BCUT2D eigenvalue weighted by atomic mass is 9.89. The molecule has 3 saturated heterocycles. The van der Waals surface area contributed by atoms with E-state index in [-0.39, 0.29) is 18.6 Å². The highest BCUT2D eigenvalue weighted by atomic mass is 16.8. The molecule has 10 atom stereocenters. The summed E-state index contributed by atoms with van der Waals surface area (Å²) in [6.45, 7) is 7.29. The zero-order valence-electron chi connectivity index (χ0n) is 26.0. The lowest BCUT2D eigenvalue weighted by molar-refractivity contribution is -0.400. The largest absolute Gasteiger partial charge is 0.376 e. The average molecular weight is 603 g/mol. The van der Waals surface area contributed by atoms with Gasteiger partial charge in [-0.2, -0.15) is 0 Å². The van der Waals surface area contributed by atoms with Gasteiger partial charge in [-0.3, -0.25) is 0 Å². The highest BCUT2D eigenvalue weighted by molar-refractivity contribution is 5.14. The van der Waals surface area contributed by atoms with Crippen LogP contribution in [0.25, 0.3) is 0 Å². The minimum absolute atomic E-state index is 0.162. The molecule has 5 rings (SSSR count). The molecule has 0 radical (unpaired) electrons. The van der Waals surface area contributed by atoms with Crippen LogP contribution in [0.4, 0.5) is 0 Å². The summed E-state index contributed by atoms with van der Waals surface area (Å²) in [6.07, 6.45) is -4.58. The molecule has 3 fully saturated rings. The van der Waals surface area contributed by atoms with E-state index < -0.39 is 55.0 Å². The molecule has 2 aromatic rings. The van der Waals surface area contributed by atoms with Gasteiger partial charge in [0, 0.05) is 27.2 Å². The molecule has 43 heavy (non-hydrogen) atoms. The third-order valence-corrected chi connectivity index (χ3v) is 8.33. The molecule has 0 saturated carbocycles. The van der Waals surface area contributed by atoms with Gasteiger partial charge in [0.1, 0.15) is 36.6 Å². The smallest absolute Gasteiger partial charge is 0.187 e. The van der Waals surface area contributed by atoms with Crippen molar-refractivity contribution in [2.45, 2.75) is 95.1 Å². The van der Waals surface area contributed by atoms with Crippen molar-refractivity contribution in [3.8, 4) is 0 Å². The van der Waals surface area contributed by atoms with Crippen molar-refractivity contribution in [3.63, 3.8) is 0 Å². The molecule has 3 aliphatic heterocycles. The lowest BCUT2D eigenvalue weighted by Gasteiger charge is -2.52. The molecule has 10 nitrogen and oxygen atoms in total. The summed E-state index contributed by atoms with van der Waals surface area (Å²) in [5.74, 6) is -0.927. The van der Waals surface area contributed by atoms with Crippen molar-refractivity contribution in [2.24, 2.45) is 5.92 Å². The molecule has 0 aliphatic carbocycles. The summed E-state index contributed by atoms with van der Waals surface area (Å²) < 4.78 is 62.1. The van der Waals surface area contributed by atoms with Crippen LogP contribution in [0.1, 0.15) is 31.9 Å². The molecule has 0 aromatic heterocycles. The first-order valence-electron chi connectivity index (χ1n) is 15.0. The van der Waals surface area contributed by atoms with Crippen LogP contribution < -0.4 is 0 Å². The molecule has 3 heterocycles. The van der Waals surface area contributed by atoms with Crippen molar-refractivity contribution >= 4 is 0 Å². The number of hydrogen-bond donors (Lipinski definition) is 0. The fourth-order valence-electron chi connectivity index (χ4n) is 6.08. The predicted molar refractivity (Wildman–Crippen MR) is 156 cm³/mol. The number of fused-ring (bicyclic) bond motifs is 1. The minimum atomic E-state index is -0.786. The van der Waals surface area contributed by atoms with Crippen LogP contribution in [-0.4, -0.2) is 95.6 Å². The first-order valence-corrected chi connectivity index (χ1v) is 15.0. The van der Waals surface area contributed by atoms with Gasteiger partial charge in [0.05, 0.1) is 32.5 Å². The summed E-state index contributed by atoms with van der Waals surface area (Å²) >= 11 is 0. The first kappa shape index (κ1) is 32.4. The highest BCUT2D eigenvalue weighted by Crippen LogP contribution is 2.38. The minimum Gasteiger partial charge on any atom is -0.376 e. The van der Waals surface area contributed by atoms with E-state index in [1.165, 1.54) is 0 Å². The van der Waals surface area contributed by atoms with E-state index in [2.05, 4.69) is 6.92 Å². The summed E-state index contributed by atoms with van der Waals surface area (Å²) in [6, 6.07) is 20.0. The number of methoxy groups -OCH3 is 3. The summed E-state index contributed by atoms with van der Waals surface area (Å²) in [7, 11) is 4.89. The van der Waals surface area contributed by atoms with Crippen LogP contribution in [-0.2, 0) is 60.6 Å². The van der Waals surface area contributed by atoms with Gasteiger partial charge in [0.15, 0.2) is 18.4 Å². The normalized spacial score (nSPS) is 35.8. The van der Waals surface area contributed by atoms with Gasteiger partial charge in [-0.15, -0.1) is 0 Å². The maximum absolute atomic E-state index is 6.79. The topological polar surface area (TPSA) is 92.3 Å². The Balaban J connectivity index is 1.35. The number of ether oxygens (including phenoxy) is 10. The van der Waals surface area contributed by atoms with Crippen LogP contribution in [0.3, 0.4) is 0 Å². The van der Waals surface area contributed by atoms with E-state index in [0.717, 1.165) is 11.1 Å². The Kier molecular flexibility index (Phi) is 11.2. The van der Waals surface area contributed by atoms with Crippen LogP contribution in [0.2, 0.25) is 0 Å². The number of hydrogen-bond acceptors (Lipinski definition) is 10. The number of rotatable bonds is 12. The van der Waals surface area contributed by atoms with Gasteiger partial charge in [-0.25, -0.2) is 0 Å². The summed E-state index contributed by atoms with van der Waals surface area (Å²) in [4.78, 5) is 0. The summed E-state index contributed by atoms with van der Waals surface area (Å²) in [5.41, 5.74) is 2.13. The fourth-order valence-corrected chi connectivity index (χ4v) is 6.08. The van der Waals surface area contributed by atoms with E-state index in [1.807, 2.05) is 74.5 Å². The van der Waals surface area contributed by atoms with E-state index in [1.54, 1.807) is 21.3 Å². The van der Waals surface area contributed by atoms with Crippen LogP contribution in [0, 0.1) is 5.92 Å². The second-order valence-electron chi connectivity index (χ2n) is 11.7. The van der Waals surface area contributed by atoms with E-state index in [4.69, 9.17) is 47.4 Å². The molecule has 0 spiro atoms. The van der Waals surface area contributed by atoms with Crippen LogP contribution in [0.5, 0.6) is 0 Å². The third kappa shape index (κ3) is 7.83. The molecule has 2 aromatic carbocycles. The van der Waals surface area contributed by atoms with Gasteiger partial charge in [-0.05, 0) is 25.0 Å². The van der Waals surface area contributed by atoms with Crippen LogP contribution in [0.15, 0.2) is 60.7 Å². The van der Waals surface area contributed by atoms with Crippen molar-refractivity contribution in [2.75, 3.05) is 34.5 Å². The number of benzene rings is 2. The van der Waals surface area contributed by atoms with Gasteiger partial charge in [-0.1, -0.05) is 67.6 Å². The molecular formula is C33H46O10. The first-order chi connectivity index (χ1) is 20.8. The van der Waals surface area contributed by atoms with Gasteiger partial charge in [0.25, 0.3) is 0 Å². The Bertz CT molecular complexity index is 1100. The second kappa shape index (κ2) is 14.9. The molecule has 0 amide bonds. The molecule has 238 valence electrons. The van der Waals surface area contributed by atoms with Crippen molar-refractivity contribution in [3.05, 3.63) is 71.8 Å². The van der Waals surface area contributed by atoms with Crippen molar-refractivity contribution in [1.82, 2.24) is 0 Å². The van der Waals surface area contributed by atoms with Gasteiger partial charge in [0.2, 0.25) is 0 Å². The molecule has 3 aliphatic rings. The fraction of sp³-hybridized carbons (Fsp3) is 0.636.